The van der Waals surface area contributed by atoms with Crippen LogP contribution in [0.15, 0.2) is 6.07 Å². The fraction of sp³-hybridized carbons (Fsp3) is 0.500. The van der Waals surface area contributed by atoms with Gasteiger partial charge in [-0.1, -0.05) is 13.8 Å². The Morgan fingerprint density at radius 3 is 2.83 bits per heavy atom. The molecule has 0 aliphatic rings. The van der Waals surface area contributed by atoms with Crippen LogP contribution >= 0.6 is 0 Å². The number of ketones is 1. The molecule has 0 aliphatic carbocycles. The molecular formula is C8H13N3O. The van der Waals surface area contributed by atoms with Crippen LogP contribution in [0.3, 0.4) is 0 Å². The number of aromatic amines is 1. The summed E-state index contributed by atoms with van der Waals surface area (Å²) in [6, 6.07) is 1.75. The molecular weight excluding hydrogens is 154 g/mol. The van der Waals surface area contributed by atoms with E-state index in [0.717, 1.165) is 5.69 Å². The van der Waals surface area contributed by atoms with E-state index < -0.39 is 0 Å². The molecule has 0 bridgehead atoms. The van der Waals surface area contributed by atoms with Gasteiger partial charge in [0.05, 0.1) is 6.54 Å². The van der Waals surface area contributed by atoms with Crippen molar-refractivity contribution in [2.45, 2.75) is 19.8 Å². The van der Waals surface area contributed by atoms with Crippen molar-refractivity contribution in [2.75, 3.05) is 6.54 Å². The average molecular weight is 167 g/mol. The number of H-pyrrole nitrogens is 1. The maximum absolute atomic E-state index is 11.0. The van der Waals surface area contributed by atoms with Crippen LogP contribution in [0.25, 0.3) is 0 Å². The lowest BCUT2D eigenvalue weighted by atomic mass is 10.1. The standard InChI is InChI=1S/C8H13N3O/c1-5(2)6-3-7(11-10-6)8(12)4-9/h3,5H,4,9H2,1-2H3,(H,10,11). The lowest BCUT2D eigenvalue weighted by Crippen LogP contribution is -2.13. The SMILES string of the molecule is CC(C)c1cc(C(=O)CN)n[nH]1. The molecule has 4 nitrogen and oxygen atoms in total. The number of aromatic nitrogens is 2. The summed E-state index contributed by atoms with van der Waals surface area (Å²) in [4.78, 5) is 11.0. The van der Waals surface area contributed by atoms with E-state index in [9.17, 15) is 4.79 Å². The monoisotopic (exact) mass is 167 g/mol. The molecule has 3 N–H and O–H groups in total. The first-order valence-corrected chi connectivity index (χ1v) is 3.93. The quantitative estimate of drug-likeness (QED) is 0.650. The molecule has 0 aromatic carbocycles. The van der Waals surface area contributed by atoms with E-state index in [2.05, 4.69) is 10.2 Å². The lowest BCUT2D eigenvalue weighted by molar-refractivity contribution is 0.0996. The highest BCUT2D eigenvalue weighted by Gasteiger charge is 2.09. The summed E-state index contributed by atoms with van der Waals surface area (Å²) < 4.78 is 0. The van der Waals surface area contributed by atoms with Crippen molar-refractivity contribution in [3.05, 3.63) is 17.5 Å². The topological polar surface area (TPSA) is 71.8 Å². The molecule has 1 heterocycles. The maximum Gasteiger partial charge on any atom is 0.196 e. The zero-order valence-corrected chi connectivity index (χ0v) is 7.29. The molecule has 0 atom stereocenters. The molecule has 0 amide bonds. The molecule has 0 saturated heterocycles. The second-order valence-corrected chi connectivity index (χ2v) is 2.99. The van der Waals surface area contributed by atoms with E-state index in [4.69, 9.17) is 5.73 Å². The van der Waals surface area contributed by atoms with Crippen LogP contribution in [0, 0.1) is 0 Å². The highest BCUT2D eigenvalue weighted by molar-refractivity contribution is 5.95. The minimum atomic E-state index is -0.127. The normalized spacial score (nSPS) is 10.7. The van der Waals surface area contributed by atoms with Gasteiger partial charge in [-0.25, -0.2) is 0 Å². The van der Waals surface area contributed by atoms with Gasteiger partial charge in [0.1, 0.15) is 5.69 Å². The number of rotatable bonds is 3. The van der Waals surface area contributed by atoms with Gasteiger partial charge in [-0.3, -0.25) is 9.89 Å². The molecule has 0 aliphatic heterocycles. The van der Waals surface area contributed by atoms with Gasteiger partial charge < -0.3 is 5.73 Å². The van der Waals surface area contributed by atoms with Gasteiger partial charge in [0, 0.05) is 5.69 Å². The molecule has 0 unspecified atom stereocenters. The summed E-state index contributed by atoms with van der Waals surface area (Å²) in [5, 5.41) is 6.65. The van der Waals surface area contributed by atoms with Crippen molar-refractivity contribution in [3.63, 3.8) is 0 Å². The third-order valence-electron chi connectivity index (χ3n) is 1.69. The summed E-state index contributed by atoms with van der Waals surface area (Å²) in [7, 11) is 0. The van der Waals surface area contributed by atoms with Crippen LogP contribution in [0.5, 0.6) is 0 Å². The number of nitrogens with zero attached hydrogens (tertiary/aromatic N) is 1. The summed E-state index contributed by atoms with van der Waals surface area (Å²) in [5.74, 6) is 0.231. The van der Waals surface area contributed by atoms with E-state index in [1.807, 2.05) is 13.8 Å². The first-order valence-electron chi connectivity index (χ1n) is 3.93. The van der Waals surface area contributed by atoms with E-state index in [0.29, 0.717) is 11.6 Å². The zero-order valence-electron chi connectivity index (χ0n) is 7.29. The van der Waals surface area contributed by atoms with Gasteiger partial charge in [-0.05, 0) is 12.0 Å². The van der Waals surface area contributed by atoms with Crippen LogP contribution in [0.2, 0.25) is 0 Å². The molecule has 1 rings (SSSR count). The third kappa shape index (κ3) is 1.71. The lowest BCUT2D eigenvalue weighted by Gasteiger charge is -1.96. The summed E-state index contributed by atoms with van der Waals surface area (Å²) in [6.45, 7) is 4.08. The largest absolute Gasteiger partial charge is 0.324 e. The van der Waals surface area contributed by atoms with Gasteiger partial charge in [0.2, 0.25) is 0 Å². The number of hydrogen-bond donors (Lipinski definition) is 2. The van der Waals surface area contributed by atoms with Crippen LogP contribution < -0.4 is 5.73 Å². The summed E-state index contributed by atoms with van der Waals surface area (Å²) >= 11 is 0. The molecule has 0 fully saturated rings. The molecule has 4 heteroatoms. The molecule has 12 heavy (non-hydrogen) atoms. The van der Waals surface area contributed by atoms with E-state index in [1.54, 1.807) is 6.07 Å². The van der Waals surface area contributed by atoms with Crippen molar-refractivity contribution in [2.24, 2.45) is 5.73 Å². The fourth-order valence-electron chi connectivity index (χ4n) is 0.880. The van der Waals surface area contributed by atoms with Crippen LogP contribution in [0.4, 0.5) is 0 Å². The number of nitrogens with two attached hydrogens (primary N) is 1. The minimum Gasteiger partial charge on any atom is -0.324 e. The number of nitrogens with one attached hydrogen (secondary N) is 1. The molecule has 66 valence electrons. The Morgan fingerprint density at radius 2 is 2.42 bits per heavy atom. The second kappa shape index (κ2) is 3.49. The number of carbonyl (C=O) groups excluding carboxylic acids is 1. The average Bonchev–Trinajstić information content (AvgIpc) is 2.51. The molecule has 1 aromatic rings. The Balaban J connectivity index is 2.84. The fourth-order valence-corrected chi connectivity index (χ4v) is 0.880. The Hall–Kier alpha value is -1.16. The van der Waals surface area contributed by atoms with Crippen molar-refractivity contribution < 1.29 is 4.79 Å². The Bertz CT molecular complexity index is 278. The number of carbonyl (C=O) groups is 1. The van der Waals surface area contributed by atoms with Gasteiger partial charge in [0.25, 0.3) is 0 Å². The summed E-state index contributed by atoms with van der Waals surface area (Å²) in [5.41, 5.74) is 6.58. The Labute approximate surface area is 71.2 Å². The highest BCUT2D eigenvalue weighted by atomic mass is 16.1. The first-order chi connectivity index (χ1) is 5.65. The Morgan fingerprint density at radius 1 is 1.75 bits per heavy atom. The van der Waals surface area contributed by atoms with Gasteiger partial charge in [-0.2, -0.15) is 5.10 Å². The number of Topliss-reactive ketones (excluding diaryl/α,β-unsaturated/α-hetero) is 1. The van der Waals surface area contributed by atoms with Crippen LogP contribution in [-0.2, 0) is 0 Å². The van der Waals surface area contributed by atoms with Gasteiger partial charge in [0.15, 0.2) is 5.78 Å². The smallest absolute Gasteiger partial charge is 0.196 e. The van der Waals surface area contributed by atoms with Gasteiger partial charge >= 0.3 is 0 Å². The molecule has 0 spiro atoms. The Kier molecular flexibility index (Phi) is 2.60. The van der Waals surface area contributed by atoms with Crippen LogP contribution in [0.1, 0.15) is 35.9 Å². The van der Waals surface area contributed by atoms with Gasteiger partial charge in [-0.15, -0.1) is 0 Å². The first kappa shape index (κ1) is 8.93. The molecule has 1 aromatic heterocycles. The highest BCUT2D eigenvalue weighted by Crippen LogP contribution is 2.11. The third-order valence-corrected chi connectivity index (χ3v) is 1.69. The van der Waals surface area contributed by atoms with E-state index in [-0.39, 0.29) is 12.3 Å². The maximum atomic E-state index is 11.0. The molecule has 0 saturated carbocycles. The predicted octanol–water partition coefficient (Wildman–Crippen LogP) is 0.675. The zero-order chi connectivity index (χ0) is 9.14. The van der Waals surface area contributed by atoms with Crippen molar-refractivity contribution in [1.82, 2.24) is 10.2 Å². The summed E-state index contributed by atoms with van der Waals surface area (Å²) in [6.07, 6.45) is 0. The number of hydrogen-bond acceptors (Lipinski definition) is 3. The van der Waals surface area contributed by atoms with E-state index in [1.165, 1.54) is 0 Å². The second-order valence-electron chi connectivity index (χ2n) is 2.99. The van der Waals surface area contributed by atoms with Crippen LogP contribution in [-0.4, -0.2) is 22.5 Å². The van der Waals surface area contributed by atoms with Crippen molar-refractivity contribution >= 4 is 5.78 Å². The predicted molar refractivity (Wildman–Crippen MR) is 46.1 cm³/mol. The minimum absolute atomic E-state index is 0.0163. The van der Waals surface area contributed by atoms with E-state index >= 15 is 0 Å². The van der Waals surface area contributed by atoms with Crippen molar-refractivity contribution in [3.8, 4) is 0 Å². The van der Waals surface area contributed by atoms with Crippen molar-refractivity contribution in [1.29, 1.82) is 0 Å². The molecule has 0 radical (unpaired) electrons.